The van der Waals surface area contributed by atoms with Crippen LogP contribution < -0.4 is 0 Å². The van der Waals surface area contributed by atoms with Crippen molar-refractivity contribution in [2.45, 2.75) is 12.8 Å². The molecular formula is C17H13O2. The van der Waals surface area contributed by atoms with E-state index in [2.05, 4.69) is 0 Å². The highest BCUT2D eigenvalue weighted by Crippen LogP contribution is 2.47. The number of fused-ring (bicyclic) bond motifs is 3. The van der Waals surface area contributed by atoms with Crippen molar-refractivity contribution in [1.29, 1.82) is 0 Å². The fraction of sp³-hybridized carbons (Fsp3) is 0.176. The van der Waals surface area contributed by atoms with E-state index in [4.69, 9.17) is 0 Å². The molecule has 0 heterocycles. The lowest BCUT2D eigenvalue weighted by atomic mass is 9.83. The SMILES string of the molecule is CC(=O)C([C]=O)C1c2ccccc2-c2ccccc21. The lowest BCUT2D eigenvalue weighted by molar-refractivity contribution is -0.119. The molecule has 2 heteroatoms. The van der Waals surface area contributed by atoms with Crippen LogP contribution in [0.4, 0.5) is 0 Å². The second-order valence-corrected chi connectivity index (χ2v) is 4.86. The molecule has 0 aliphatic heterocycles. The van der Waals surface area contributed by atoms with Crippen LogP contribution in [-0.4, -0.2) is 12.1 Å². The lowest BCUT2D eigenvalue weighted by Gasteiger charge is -2.17. The van der Waals surface area contributed by atoms with E-state index in [1.807, 2.05) is 54.8 Å². The molecule has 2 nitrogen and oxygen atoms in total. The minimum Gasteiger partial charge on any atom is -0.299 e. The summed E-state index contributed by atoms with van der Waals surface area (Å²) in [6, 6.07) is 15.9. The summed E-state index contributed by atoms with van der Waals surface area (Å²) in [5.74, 6) is -1.04. The van der Waals surface area contributed by atoms with Gasteiger partial charge in [-0.3, -0.25) is 9.59 Å². The number of benzene rings is 2. The number of carbonyl (C=O) groups excluding carboxylic acids is 2. The van der Waals surface area contributed by atoms with Crippen molar-refractivity contribution < 1.29 is 9.59 Å². The maximum Gasteiger partial charge on any atom is 0.210 e. The van der Waals surface area contributed by atoms with Crippen LogP contribution in [0.3, 0.4) is 0 Å². The second-order valence-electron chi connectivity index (χ2n) is 4.86. The summed E-state index contributed by atoms with van der Waals surface area (Å²) in [4.78, 5) is 22.9. The molecule has 1 unspecified atom stereocenters. The first-order valence-corrected chi connectivity index (χ1v) is 6.30. The predicted octanol–water partition coefficient (Wildman–Crippen LogP) is 3.11. The van der Waals surface area contributed by atoms with Gasteiger partial charge in [-0.1, -0.05) is 48.5 Å². The number of Topliss-reactive ketones (excluding diaryl/α,β-unsaturated/α-hetero) is 1. The molecule has 2 aromatic carbocycles. The van der Waals surface area contributed by atoms with Gasteiger partial charge in [0.2, 0.25) is 6.29 Å². The number of carbonyl (C=O) groups is 1. The van der Waals surface area contributed by atoms with E-state index in [1.165, 1.54) is 6.92 Å². The molecule has 1 aliphatic rings. The first-order chi connectivity index (χ1) is 9.24. The monoisotopic (exact) mass is 249 g/mol. The average molecular weight is 249 g/mol. The zero-order valence-electron chi connectivity index (χ0n) is 10.6. The molecule has 0 bridgehead atoms. The van der Waals surface area contributed by atoms with Crippen LogP contribution in [-0.2, 0) is 9.59 Å². The Morgan fingerprint density at radius 2 is 1.47 bits per heavy atom. The standard InChI is InChI=1S/C17H13O2/c1-11(19)16(10-18)17-14-8-4-2-6-12(14)13-7-3-5-9-15(13)17/h2-9,16-17H,1H3. The van der Waals surface area contributed by atoms with Gasteiger partial charge in [0.25, 0.3) is 0 Å². The number of hydrogen-bond acceptors (Lipinski definition) is 2. The molecule has 19 heavy (non-hydrogen) atoms. The highest BCUT2D eigenvalue weighted by molar-refractivity contribution is 5.96. The van der Waals surface area contributed by atoms with E-state index in [9.17, 15) is 9.59 Å². The number of ketones is 1. The Balaban J connectivity index is 2.25. The maximum absolute atomic E-state index is 11.7. The Hall–Kier alpha value is -2.22. The average Bonchev–Trinajstić information content (AvgIpc) is 2.75. The van der Waals surface area contributed by atoms with Gasteiger partial charge in [0.15, 0.2) is 0 Å². The van der Waals surface area contributed by atoms with Crippen LogP contribution in [0.15, 0.2) is 48.5 Å². The van der Waals surface area contributed by atoms with Crippen molar-refractivity contribution in [3.63, 3.8) is 0 Å². The fourth-order valence-corrected chi connectivity index (χ4v) is 2.94. The summed E-state index contributed by atoms with van der Waals surface area (Å²) in [6.45, 7) is 1.46. The van der Waals surface area contributed by atoms with E-state index in [1.54, 1.807) is 0 Å². The summed E-state index contributed by atoms with van der Waals surface area (Å²) < 4.78 is 0. The quantitative estimate of drug-likeness (QED) is 0.783. The molecule has 2 aromatic rings. The van der Waals surface area contributed by atoms with Crippen molar-refractivity contribution in [3.8, 4) is 11.1 Å². The van der Waals surface area contributed by atoms with Crippen molar-refractivity contribution in [1.82, 2.24) is 0 Å². The second kappa shape index (κ2) is 4.47. The normalized spacial score (nSPS) is 14.6. The van der Waals surface area contributed by atoms with Gasteiger partial charge in [-0.25, -0.2) is 0 Å². The molecule has 93 valence electrons. The molecule has 0 N–H and O–H groups in total. The van der Waals surface area contributed by atoms with Gasteiger partial charge in [0, 0.05) is 5.92 Å². The molecule has 0 aromatic heterocycles. The van der Waals surface area contributed by atoms with Gasteiger partial charge in [0.1, 0.15) is 5.78 Å². The van der Waals surface area contributed by atoms with Gasteiger partial charge in [-0.15, -0.1) is 0 Å². The molecule has 0 fully saturated rings. The third-order valence-electron chi connectivity index (χ3n) is 3.78. The largest absolute Gasteiger partial charge is 0.299 e. The third-order valence-corrected chi connectivity index (χ3v) is 3.78. The Morgan fingerprint density at radius 3 is 1.89 bits per heavy atom. The van der Waals surface area contributed by atoms with Crippen LogP contribution in [0.2, 0.25) is 0 Å². The first kappa shape index (κ1) is 11.8. The van der Waals surface area contributed by atoms with E-state index in [0.29, 0.717) is 0 Å². The van der Waals surface area contributed by atoms with Crippen molar-refractivity contribution in [2.75, 3.05) is 0 Å². The van der Waals surface area contributed by atoms with Crippen LogP contribution in [0, 0.1) is 5.92 Å². The Labute approximate surface area is 112 Å². The van der Waals surface area contributed by atoms with Gasteiger partial charge >= 0.3 is 0 Å². The van der Waals surface area contributed by atoms with Gasteiger partial charge in [0.05, 0.1) is 5.92 Å². The smallest absolute Gasteiger partial charge is 0.210 e. The fourth-order valence-electron chi connectivity index (χ4n) is 2.94. The zero-order valence-corrected chi connectivity index (χ0v) is 10.6. The van der Waals surface area contributed by atoms with E-state index < -0.39 is 5.92 Å². The molecular weight excluding hydrogens is 236 g/mol. The highest BCUT2D eigenvalue weighted by Gasteiger charge is 2.36. The summed E-state index contributed by atoms with van der Waals surface area (Å²) >= 11 is 0. The Morgan fingerprint density at radius 1 is 1.00 bits per heavy atom. The Kier molecular flexibility index (Phi) is 2.79. The van der Waals surface area contributed by atoms with Gasteiger partial charge in [-0.05, 0) is 29.2 Å². The summed E-state index contributed by atoms with van der Waals surface area (Å²) in [7, 11) is 0. The van der Waals surface area contributed by atoms with Crippen LogP contribution in [0.1, 0.15) is 24.0 Å². The highest BCUT2D eigenvalue weighted by atomic mass is 16.1. The predicted molar refractivity (Wildman–Crippen MR) is 73.6 cm³/mol. The van der Waals surface area contributed by atoms with Crippen molar-refractivity contribution in [2.24, 2.45) is 5.92 Å². The molecule has 1 atom stereocenters. The van der Waals surface area contributed by atoms with Crippen molar-refractivity contribution >= 4 is 12.1 Å². The van der Waals surface area contributed by atoms with Crippen LogP contribution in [0.25, 0.3) is 11.1 Å². The maximum atomic E-state index is 11.7. The zero-order chi connectivity index (χ0) is 13.4. The molecule has 1 radical (unpaired) electrons. The van der Waals surface area contributed by atoms with E-state index in [-0.39, 0.29) is 11.7 Å². The summed E-state index contributed by atoms with van der Waals surface area (Å²) in [5.41, 5.74) is 4.33. The van der Waals surface area contributed by atoms with Crippen LogP contribution >= 0.6 is 0 Å². The third kappa shape index (κ3) is 1.72. The molecule has 0 saturated heterocycles. The summed E-state index contributed by atoms with van der Waals surface area (Å²) in [6.07, 6.45) is 1.93. The van der Waals surface area contributed by atoms with Crippen molar-refractivity contribution in [3.05, 3.63) is 59.7 Å². The van der Waals surface area contributed by atoms with Gasteiger partial charge < -0.3 is 0 Å². The summed E-state index contributed by atoms with van der Waals surface area (Å²) in [5, 5.41) is 0. The van der Waals surface area contributed by atoms with Gasteiger partial charge in [-0.2, -0.15) is 0 Å². The molecule has 0 saturated carbocycles. The van der Waals surface area contributed by atoms with Crippen LogP contribution in [0.5, 0.6) is 0 Å². The molecule has 0 spiro atoms. The minimum atomic E-state index is -0.718. The number of rotatable bonds is 3. The molecule has 3 rings (SSSR count). The first-order valence-electron chi connectivity index (χ1n) is 6.30. The lowest BCUT2D eigenvalue weighted by Crippen LogP contribution is -2.21. The topological polar surface area (TPSA) is 34.1 Å². The van der Waals surface area contributed by atoms with E-state index >= 15 is 0 Å². The molecule has 1 aliphatic carbocycles. The Bertz CT molecular complexity index is 612. The number of hydrogen-bond donors (Lipinski definition) is 0. The minimum absolute atomic E-state index is 0.133. The van der Waals surface area contributed by atoms with E-state index in [0.717, 1.165) is 22.3 Å². The molecule has 0 amide bonds.